The zero-order valence-electron chi connectivity index (χ0n) is 18.0. The van der Waals surface area contributed by atoms with Crippen LogP contribution in [0.2, 0.25) is 0 Å². The molecule has 4 aromatic rings. The van der Waals surface area contributed by atoms with Gasteiger partial charge in [0.2, 0.25) is 0 Å². The van der Waals surface area contributed by atoms with Gasteiger partial charge in [0, 0.05) is 16.9 Å². The summed E-state index contributed by atoms with van der Waals surface area (Å²) in [5.74, 6) is -0.253. The van der Waals surface area contributed by atoms with Gasteiger partial charge in [0.25, 0.3) is 0 Å². The molecule has 0 fully saturated rings. The Balaban J connectivity index is 1.69. The maximum absolute atomic E-state index is 13.5. The molecular formula is C27H25FN2O. The van der Waals surface area contributed by atoms with E-state index in [0.717, 1.165) is 39.5 Å². The smallest absolute Gasteiger partial charge is 0.142 e. The zero-order chi connectivity index (χ0) is 21.8. The molecule has 3 nitrogen and oxygen atoms in total. The average molecular weight is 413 g/mol. The molecule has 0 amide bonds. The highest BCUT2D eigenvalue weighted by molar-refractivity contribution is 6.01. The first kappa shape index (κ1) is 20.6. The minimum Gasteiger partial charge on any atom is -0.391 e. The number of benzene rings is 3. The Morgan fingerprint density at radius 3 is 2.26 bits per heavy atom. The van der Waals surface area contributed by atoms with Crippen LogP contribution in [-0.4, -0.2) is 10.3 Å². The van der Waals surface area contributed by atoms with E-state index in [1.807, 2.05) is 44.2 Å². The number of aromatic nitrogens is 1. The van der Waals surface area contributed by atoms with E-state index in [1.165, 1.54) is 17.7 Å². The SMILES string of the molecule is C/C(=N/OCc1ccc(C)cc1)c1cc(-c2ccccc2)n(-c2ccc(F)cc2)c1C. The molecule has 0 atom stereocenters. The average Bonchev–Trinajstić information content (AvgIpc) is 3.13. The van der Waals surface area contributed by atoms with Gasteiger partial charge >= 0.3 is 0 Å². The van der Waals surface area contributed by atoms with E-state index in [9.17, 15) is 4.39 Å². The molecule has 0 aliphatic carbocycles. The van der Waals surface area contributed by atoms with Crippen LogP contribution in [0, 0.1) is 19.7 Å². The number of rotatable bonds is 6. The number of aryl methyl sites for hydroxylation is 1. The van der Waals surface area contributed by atoms with Gasteiger partial charge < -0.3 is 9.40 Å². The Bertz CT molecular complexity index is 1190. The van der Waals surface area contributed by atoms with E-state index in [4.69, 9.17) is 4.84 Å². The molecule has 1 heterocycles. The lowest BCUT2D eigenvalue weighted by Gasteiger charge is -2.12. The van der Waals surface area contributed by atoms with E-state index >= 15 is 0 Å². The van der Waals surface area contributed by atoms with Crippen LogP contribution in [0.4, 0.5) is 4.39 Å². The van der Waals surface area contributed by atoms with E-state index in [1.54, 1.807) is 12.1 Å². The Morgan fingerprint density at radius 2 is 1.58 bits per heavy atom. The Kier molecular flexibility index (Phi) is 5.99. The second kappa shape index (κ2) is 9.00. The monoisotopic (exact) mass is 412 g/mol. The summed E-state index contributed by atoms with van der Waals surface area (Å²) in [7, 11) is 0. The topological polar surface area (TPSA) is 26.5 Å². The van der Waals surface area contributed by atoms with Crippen LogP contribution in [0.5, 0.6) is 0 Å². The molecule has 31 heavy (non-hydrogen) atoms. The first-order valence-corrected chi connectivity index (χ1v) is 10.3. The van der Waals surface area contributed by atoms with Crippen molar-refractivity contribution in [3.8, 4) is 16.9 Å². The number of hydrogen-bond donors (Lipinski definition) is 0. The quantitative estimate of drug-likeness (QED) is 0.251. The standard InChI is InChI=1S/C27H25FN2O/c1-19-9-11-22(12-10-19)18-31-29-20(2)26-17-27(23-7-5-4-6-8-23)30(21(26)3)25-15-13-24(28)14-16-25/h4-17H,18H2,1-3H3/b29-20-. The lowest BCUT2D eigenvalue weighted by atomic mass is 10.1. The van der Waals surface area contributed by atoms with Crippen molar-refractivity contribution >= 4 is 5.71 Å². The van der Waals surface area contributed by atoms with Gasteiger partial charge in [-0.25, -0.2) is 4.39 Å². The van der Waals surface area contributed by atoms with Crippen LogP contribution >= 0.6 is 0 Å². The molecule has 3 aromatic carbocycles. The minimum absolute atomic E-state index is 0.253. The Morgan fingerprint density at radius 1 is 0.903 bits per heavy atom. The molecular weight excluding hydrogens is 387 g/mol. The molecule has 0 saturated carbocycles. The van der Waals surface area contributed by atoms with Gasteiger partial charge in [-0.05, 0) is 62.2 Å². The van der Waals surface area contributed by atoms with Crippen LogP contribution in [0.1, 0.15) is 29.3 Å². The van der Waals surface area contributed by atoms with Gasteiger partial charge in [-0.15, -0.1) is 0 Å². The number of oxime groups is 1. The van der Waals surface area contributed by atoms with Crippen LogP contribution in [0.3, 0.4) is 0 Å². The van der Waals surface area contributed by atoms with Gasteiger partial charge in [-0.2, -0.15) is 0 Å². The van der Waals surface area contributed by atoms with E-state index < -0.39 is 0 Å². The van der Waals surface area contributed by atoms with E-state index in [0.29, 0.717) is 6.61 Å². The summed E-state index contributed by atoms with van der Waals surface area (Å²) in [6, 6.07) is 27.0. The van der Waals surface area contributed by atoms with Gasteiger partial charge in [-0.1, -0.05) is 65.3 Å². The third-order valence-electron chi connectivity index (χ3n) is 5.34. The number of halogens is 1. The maximum atomic E-state index is 13.5. The molecule has 0 aliphatic heterocycles. The minimum atomic E-state index is -0.253. The summed E-state index contributed by atoms with van der Waals surface area (Å²) >= 11 is 0. The molecule has 0 unspecified atom stereocenters. The Hall–Kier alpha value is -3.66. The number of nitrogens with zero attached hydrogens (tertiary/aromatic N) is 2. The highest BCUT2D eigenvalue weighted by Crippen LogP contribution is 2.30. The van der Waals surface area contributed by atoms with Gasteiger partial charge in [0.1, 0.15) is 12.4 Å². The fourth-order valence-electron chi connectivity index (χ4n) is 3.65. The second-order valence-corrected chi connectivity index (χ2v) is 7.64. The lowest BCUT2D eigenvalue weighted by molar-refractivity contribution is 0.130. The van der Waals surface area contributed by atoms with Gasteiger partial charge in [-0.3, -0.25) is 0 Å². The third kappa shape index (κ3) is 4.58. The summed E-state index contributed by atoms with van der Waals surface area (Å²) < 4.78 is 15.6. The van der Waals surface area contributed by atoms with Crippen molar-refractivity contribution in [3.05, 3.63) is 113 Å². The van der Waals surface area contributed by atoms with E-state index in [2.05, 4.69) is 47.0 Å². The number of hydrogen-bond acceptors (Lipinski definition) is 2. The lowest BCUT2D eigenvalue weighted by Crippen LogP contribution is -2.02. The second-order valence-electron chi connectivity index (χ2n) is 7.64. The van der Waals surface area contributed by atoms with Crippen molar-refractivity contribution in [2.45, 2.75) is 27.4 Å². The van der Waals surface area contributed by atoms with Crippen LogP contribution in [0.15, 0.2) is 90.1 Å². The molecule has 0 aliphatic rings. The zero-order valence-corrected chi connectivity index (χ0v) is 18.0. The molecule has 1 aromatic heterocycles. The molecule has 0 bridgehead atoms. The fraction of sp³-hybridized carbons (Fsp3) is 0.148. The predicted molar refractivity (Wildman–Crippen MR) is 124 cm³/mol. The largest absolute Gasteiger partial charge is 0.391 e. The van der Waals surface area contributed by atoms with Crippen molar-refractivity contribution in [1.29, 1.82) is 0 Å². The third-order valence-corrected chi connectivity index (χ3v) is 5.34. The molecule has 0 N–H and O–H groups in total. The van der Waals surface area contributed by atoms with Crippen molar-refractivity contribution in [1.82, 2.24) is 4.57 Å². The summed E-state index contributed by atoms with van der Waals surface area (Å²) in [4.78, 5) is 5.64. The van der Waals surface area contributed by atoms with Crippen molar-refractivity contribution in [2.75, 3.05) is 0 Å². The molecule has 0 radical (unpaired) electrons. The summed E-state index contributed by atoms with van der Waals surface area (Å²) in [5.41, 5.74) is 8.10. The highest BCUT2D eigenvalue weighted by Gasteiger charge is 2.17. The van der Waals surface area contributed by atoms with E-state index in [-0.39, 0.29) is 5.82 Å². The fourth-order valence-corrected chi connectivity index (χ4v) is 3.65. The van der Waals surface area contributed by atoms with Crippen molar-refractivity contribution in [3.63, 3.8) is 0 Å². The molecule has 156 valence electrons. The molecule has 0 saturated heterocycles. The summed E-state index contributed by atoms with van der Waals surface area (Å²) in [6.07, 6.45) is 0. The highest BCUT2D eigenvalue weighted by atomic mass is 19.1. The van der Waals surface area contributed by atoms with Crippen LogP contribution < -0.4 is 0 Å². The molecule has 0 spiro atoms. The first-order valence-electron chi connectivity index (χ1n) is 10.3. The van der Waals surface area contributed by atoms with Gasteiger partial charge in [0.05, 0.1) is 11.4 Å². The summed E-state index contributed by atoms with van der Waals surface area (Å²) in [5, 5.41) is 4.37. The van der Waals surface area contributed by atoms with Gasteiger partial charge in [0.15, 0.2) is 0 Å². The van der Waals surface area contributed by atoms with Crippen molar-refractivity contribution < 1.29 is 9.23 Å². The first-order chi connectivity index (χ1) is 15.0. The van der Waals surface area contributed by atoms with Crippen molar-refractivity contribution in [2.24, 2.45) is 5.16 Å². The van der Waals surface area contributed by atoms with Crippen LogP contribution in [0.25, 0.3) is 16.9 Å². The normalized spacial score (nSPS) is 11.5. The predicted octanol–water partition coefficient (Wildman–Crippen LogP) is 6.84. The Labute approximate surface area is 182 Å². The summed E-state index contributed by atoms with van der Waals surface area (Å²) in [6.45, 7) is 6.47. The van der Waals surface area contributed by atoms with Crippen LogP contribution in [-0.2, 0) is 11.4 Å². The maximum Gasteiger partial charge on any atom is 0.142 e. The molecule has 4 heteroatoms. The molecule has 4 rings (SSSR count).